The molecule has 110 valence electrons. The fraction of sp³-hybridized carbons (Fsp3) is 0.875. The Morgan fingerprint density at radius 2 is 1.75 bits per heavy atom. The van der Waals surface area contributed by atoms with Crippen molar-refractivity contribution < 1.29 is 14.7 Å². The van der Waals surface area contributed by atoms with Crippen molar-refractivity contribution in [1.29, 1.82) is 0 Å². The summed E-state index contributed by atoms with van der Waals surface area (Å²) in [5, 5.41) is 9.46. The molecule has 0 aromatic rings. The van der Waals surface area contributed by atoms with Crippen LogP contribution in [-0.2, 0) is 9.59 Å². The Morgan fingerprint density at radius 3 is 2.35 bits per heavy atom. The second-order valence-electron chi connectivity index (χ2n) is 7.45. The molecule has 1 N–H and O–H groups in total. The molecule has 1 saturated heterocycles. The highest BCUT2D eigenvalue weighted by Crippen LogP contribution is 2.69. The van der Waals surface area contributed by atoms with Crippen LogP contribution in [-0.4, -0.2) is 34.5 Å². The predicted octanol–water partition coefficient (Wildman–Crippen LogP) is 1.99. The summed E-state index contributed by atoms with van der Waals surface area (Å²) in [6.45, 7) is 2.61. The van der Waals surface area contributed by atoms with Gasteiger partial charge in [0, 0.05) is 12.5 Å². The monoisotopic (exact) mass is 277 g/mol. The number of carbonyl (C=O) groups is 2. The van der Waals surface area contributed by atoms with Crippen LogP contribution < -0.4 is 0 Å². The number of carboxylic acid groups (broad SMARTS) is 1. The number of hydrogen-bond acceptors (Lipinski definition) is 2. The van der Waals surface area contributed by atoms with Gasteiger partial charge in [-0.1, -0.05) is 6.92 Å². The molecule has 4 heteroatoms. The number of carboxylic acids is 1. The highest BCUT2D eigenvalue weighted by Gasteiger charge is 2.68. The van der Waals surface area contributed by atoms with Crippen LogP contribution in [0, 0.1) is 35.5 Å². The molecular weight excluding hydrogens is 254 g/mol. The van der Waals surface area contributed by atoms with Gasteiger partial charge in [0.15, 0.2) is 0 Å². The van der Waals surface area contributed by atoms with Gasteiger partial charge in [0.1, 0.15) is 6.04 Å². The number of carbonyl (C=O) groups excluding carboxylic acids is 1. The number of amides is 1. The molecule has 1 amide bonds. The number of rotatable bonds is 2. The Labute approximate surface area is 119 Å². The van der Waals surface area contributed by atoms with Crippen LogP contribution in [0.25, 0.3) is 0 Å². The van der Waals surface area contributed by atoms with E-state index in [0.717, 1.165) is 24.7 Å². The summed E-state index contributed by atoms with van der Waals surface area (Å²) >= 11 is 0. The molecule has 2 bridgehead atoms. The fourth-order valence-electron chi connectivity index (χ4n) is 5.66. The van der Waals surface area contributed by atoms with E-state index in [1.165, 1.54) is 19.3 Å². The van der Waals surface area contributed by atoms with Crippen LogP contribution in [0.15, 0.2) is 0 Å². The molecule has 6 atom stereocenters. The Balaban J connectivity index is 1.52. The summed E-state index contributed by atoms with van der Waals surface area (Å²) in [5.74, 6) is 2.35. The van der Waals surface area contributed by atoms with E-state index in [1.807, 2.05) is 6.92 Å². The lowest BCUT2D eigenvalue weighted by atomic mass is 9.89. The minimum atomic E-state index is -0.820. The first-order chi connectivity index (χ1) is 9.59. The molecule has 20 heavy (non-hydrogen) atoms. The van der Waals surface area contributed by atoms with Gasteiger partial charge in [0.05, 0.1) is 0 Å². The maximum Gasteiger partial charge on any atom is 0.326 e. The lowest BCUT2D eigenvalue weighted by Crippen LogP contribution is -2.52. The SMILES string of the molecule is CC1CCCN(C(=O)C2C3C4CCC(C4)C23)C1C(=O)O. The first-order valence-corrected chi connectivity index (χ1v) is 8.13. The number of likely N-dealkylation sites (tertiary alicyclic amines) is 1. The molecule has 1 heterocycles. The van der Waals surface area contributed by atoms with Gasteiger partial charge < -0.3 is 10.0 Å². The lowest BCUT2D eigenvalue weighted by molar-refractivity contribution is -0.155. The number of fused-ring (bicyclic) bond motifs is 5. The summed E-state index contributed by atoms with van der Waals surface area (Å²) in [6, 6.07) is -0.588. The molecule has 1 aliphatic heterocycles. The maximum atomic E-state index is 12.8. The minimum absolute atomic E-state index is 0.0838. The molecule has 4 fully saturated rings. The Kier molecular flexibility index (Phi) is 2.67. The van der Waals surface area contributed by atoms with Crippen molar-refractivity contribution in [2.24, 2.45) is 35.5 Å². The van der Waals surface area contributed by atoms with Gasteiger partial charge >= 0.3 is 5.97 Å². The number of nitrogens with zero attached hydrogens (tertiary/aromatic N) is 1. The average Bonchev–Trinajstić information content (AvgIpc) is 2.84. The normalized spacial score (nSPS) is 49.0. The average molecular weight is 277 g/mol. The molecule has 0 aromatic carbocycles. The highest BCUT2D eigenvalue weighted by molar-refractivity contribution is 5.88. The first kappa shape index (κ1) is 12.7. The van der Waals surface area contributed by atoms with E-state index in [1.54, 1.807) is 4.90 Å². The van der Waals surface area contributed by atoms with Gasteiger partial charge in [-0.15, -0.1) is 0 Å². The van der Waals surface area contributed by atoms with Crippen molar-refractivity contribution in [2.75, 3.05) is 6.54 Å². The quantitative estimate of drug-likeness (QED) is 0.839. The van der Waals surface area contributed by atoms with E-state index >= 15 is 0 Å². The molecule has 0 radical (unpaired) electrons. The predicted molar refractivity (Wildman–Crippen MR) is 72.8 cm³/mol. The smallest absolute Gasteiger partial charge is 0.326 e. The molecule has 4 rings (SSSR count). The highest BCUT2D eigenvalue weighted by atomic mass is 16.4. The summed E-state index contributed by atoms with van der Waals surface area (Å²) in [5.41, 5.74) is 0. The first-order valence-electron chi connectivity index (χ1n) is 8.13. The third kappa shape index (κ3) is 1.60. The molecule has 0 spiro atoms. The molecule has 0 aromatic heterocycles. The van der Waals surface area contributed by atoms with Crippen molar-refractivity contribution in [3.8, 4) is 0 Å². The molecule has 4 aliphatic rings. The lowest BCUT2D eigenvalue weighted by Gasteiger charge is -2.37. The van der Waals surface area contributed by atoms with Gasteiger partial charge in [0.2, 0.25) is 5.91 Å². The van der Waals surface area contributed by atoms with Gasteiger partial charge in [-0.3, -0.25) is 4.79 Å². The van der Waals surface area contributed by atoms with Gasteiger partial charge in [-0.05, 0) is 61.7 Å². The van der Waals surface area contributed by atoms with Gasteiger partial charge in [-0.25, -0.2) is 4.79 Å². The van der Waals surface area contributed by atoms with E-state index in [0.29, 0.717) is 18.4 Å². The summed E-state index contributed by atoms with van der Waals surface area (Å²) < 4.78 is 0. The third-order valence-corrected chi connectivity index (χ3v) is 6.49. The van der Waals surface area contributed by atoms with Gasteiger partial charge in [0.25, 0.3) is 0 Å². The van der Waals surface area contributed by atoms with Crippen LogP contribution in [0.1, 0.15) is 39.0 Å². The Bertz CT molecular complexity index is 447. The number of hydrogen-bond donors (Lipinski definition) is 1. The van der Waals surface area contributed by atoms with Crippen LogP contribution >= 0.6 is 0 Å². The summed E-state index contributed by atoms with van der Waals surface area (Å²) in [6.07, 6.45) is 5.80. The standard InChI is InChI=1S/C16H23NO3/c1-8-3-2-6-17(14(8)16(19)20)15(18)13-11-9-4-5-10(7-9)12(11)13/h8-14H,2-7H2,1H3,(H,19,20). The van der Waals surface area contributed by atoms with Crippen molar-refractivity contribution >= 4 is 11.9 Å². The van der Waals surface area contributed by atoms with E-state index < -0.39 is 12.0 Å². The number of piperidine rings is 1. The Hall–Kier alpha value is -1.06. The summed E-state index contributed by atoms with van der Waals surface area (Å²) in [4.78, 5) is 26.0. The fourth-order valence-corrected chi connectivity index (χ4v) is 5.66. The van der Waals surface area contributed by atoms with E-state index in [9.17, 15) is 14.7 Å². The molecular formula is C16H23NO3. The van der Waals surface area contributed by atoms with Crippen molar-refractivity contribution in [2.45, 2.75) is 45.1 Å². The largest absolute Gasteiger partial charge is 0.480 e. The van der Waals surface area contributed by atoms with Crippen LogP contribution in [0.2, 0.25) is 0 Å². The van der Waals surface area contributed by atoms with Crippen molar-refractivity contribution in [1.82, 2.24) is 4.90 Å². The van der Waals surface area contributed by atoms with Gasteiger partial charge in [-0.2, -0.15) is 0 Å². The second-order valence-corrected chi connectivity index (χ2v) is 7.45. The molecule has 4 nitrogen and oxygen atoms in total. The van der Waals surface area contributed by atoms with E-state index in [4.69, 9.17) is 0 Å². The third-order valence-electron chi connectivity index (χ3n) is 6.49. The molecule has 3 saturated carbocycles. The van der Waals surface area contributed by atoms with Crippen molar-refractivity contribution in [3.63, 3.8) is 0 Å². The summed E-state index contributed by atoms with van der Waals surface area (Å²) in [7, 11) is 0. The zero-order chi connectivity index (χ0) is 14.0. The van der Waals surface area contributed by atoms with E-state index in [-0.39, 0.29) is 17.7 Å². The topological polar surface area (TPSA) is 57.6 Å². The molecule has 6 unspecified atom stereocenters. The van der Waals surface area contributed by atoms with Crippen LogP contribution in [0.5, 0.6) is 0 Å². The Morgan fingerprint density at radius 1 is 1.10 bits per heavy atom. The van der Waals surface area contributed by atoms with Crippen LogP contribution in [0.4, 0.5) is 0 Å². The van der Waals surface area contributed by atoms with Crippen molar-refractivity contribution in [3.05, 3.63) is 0 Å². The zero-order valence-electron chi connectivity index (χ0n) is 12.0. The maximum absolute atomic E-state index is 12.8. The zero-order valence-corrected chi connectivity index (χ0v) is 12.0. The minimum Gasteiger partial charge on any atom is -0.480 e. The van der Waals surface area contributed by atoms with Crippen LogP contribution in [0.3, 0.4) is 0 Å². The molecule has 3 aliphatic carbocycles. The number of aliphatic carboxylic acids is 1. The second kappa shape index (κ2) is 4.22. The van der Waals surface area contributed by atoms with E-state index in [2.05, 4.69) is 0 Å².